The zero-order valence-electron chi connectivity index (χ0n) is 9.86. The van der Waals surface area contributed by atoms with Crippen LogP contribution < -0.4 is 10.6 Å². The van der Waals surface area contributed by atoms with Gasteiger partial charge in [-0.1, -0.05) is 6.07 Å². The highest BCUT2D eigenvalue weighted by Crippen LogP contribution is 2.37. The second-order valence-electron chi connectivity index (χ2n) is 4.50. The fraction of sp³-hybridized carbons (Fsp3) is 0.462. The molecular formula is C13H16BrN3. The van der Waals surface area contributed by atoms with Gasteiger partial charge in [-0.3, -0.25) is 0 Å². The van der Waals surface area contributed by atoms with Crippen molar-refractivity contribution >= 4 is 21.6 Å². The summed E-state index contributed by atoms with van der Waals surface area (Å²) in [6.45, 7) is 0.637. The summed E-state index contributed by atoms with van der Waals surface area (Å²) < 4.78 is 0.843. The van der Waals surface area contributed by atoms with Crippen LogP contribution in [0, 0.1) is 17.2 Å². The van der Waals surface area contributed by atoms with Crippen LogP contribution in [0.5, 0.6) is 0 Å². The SMILES string of the molecule is CN(c1cccc(Br)c1C#N)C(CN)C1CC1. The fourth-order valence-corrected chi connectivity index (χ4v) is 2.69. The lowest BCUT2D eigenvalue weighted by Gasteiger charge is -2.30. The number of hydrogen-bond acceptors (Lipinski definition) is 3. The maximum absolute atomic E-state index is 9.22. The highest BCUT2D eigenvalue weighted by atomic mass is 79.9. The summed E-state index contributed by atoms with van der Waals surface area (Å²) in [7, 11) is 2.03. The van der Waals surface area contributed by atoms with Gasteiger partial charge in [0, 0.05) is 24.1 Å². The van der Waals surface area contributed by atoms with Crippen molar-refractivity contribution in [3.05, 3.63) is 28.2 Å². The van der Waals surface area contributed by atoms with Crippen LogP contribution in [-0.2, 0) is 0 Å². The first-order valence-corrected chi connectivity index (χ1v) is 6.59. The van der Waals surface area contributed by atoms with E-state index in [1.54, 1.807) is 0 Å². The van der Waals surface area contributed by atoms with Crippen molar-refractivity contribution in [3.63, 3.8) is 0 Å². The first-order valence-electron chi connectivity index (χ1n) is 5.80. The van der Waals surface area contributed by atoms with Crippen LogP contribution in [0.4, 0.5) is 5.69 Å². The predicted octanol–water partition coefficient (Wildman–Crippen LogP) is 2.49. The molecular weight excluding hydrogens is 278 g/mol. The molecule has 0 heterocycles. The average Bonchev–Trinajstić information content (AvgIpc) is 3.14. The lowest BCUT2D eigenvalue weighted by Crippen LogP contribution is -2.40. The number of anilines is 1. The van der Waals surface area contributed by atoms with Crippen molar-refractivity contribution in [1.29, 1.82) is 5.26 Å². The van der Waals surface area contributed by atoms with Gasteiger partial charge in [0.2, 0.25) is 0 Å². The van der Waals surface area contributed by atoms with Gasteiger partial charge < -0.3 is 10.6 Å². The smallest absolute Gasteiger partial charge is 0.103 e. The Morgan fingerprint density at radius 1 is 1.59 bits per heavy atom. The zero-order valence-corrected chi connectivity index (χ0v) is 11.4. The van der Waals surface area contributed by atoms with E-state index in [4.69, 9.17) is 5.73 Å². The van der Waals surface area contributed by atoms with Crippen molar-refractivity contribution in [1.82, 2.24) is 0 Å². The second-order valence-corrected chi connectivity index (χ2v) is 5.35. The number of nitrogens with two attached hydrogens (primary N) is 1. The van der Waals surface area contributed by atoms with Crippen molar-refractivity contribution in [2.75, 3.05) is 18.5 Å². The number of benzene rings is 1. The highest BCUT2D eigenvalue weighted by Gasteiger charge is 2.33. The Labute approximate surface area is 110 Å². The maximum Gasteiger partial charge on any atom is 0.103 e. The average molecular weight is 294 g/mol. The minimum Gasteiger partial charge on any atom is -0.369 e. The molecule has 2 rings (SSSR count). The number of rotatable bonds is 4. The Kier molecular flexibility index (Phi) is 3.70. The van der Waals surface area contributed by atoms with E-state index in [1.807, 2.05) is 25.2 Å². The van der Waals surface area contributed by atoms with Gasteiger partial charge in [-0.25, -0.2) is 0 Å². The normalized spacial score (nSPS) is 16.4. The van der Waals surface area contributed by atoms with Crippen molar-refractivity contribution in [3.8, 4) is 6.07 Å². The molecule has 1 aromatic carbocycles. The third kappa shape index (κ3) is 2.46. The molecule has 90 valence electrons. The number of nitriles is 1. The summed E-state index contributed by atoms with van der Waals surface area (Å²) in [6, 6.07) is 8.43. The summed E-state index contributed by atoms with van der Waals surface area (Å²) in [5.74, 6) is 0.690. The molecule has 1 fully saturated rings. The molecule has 0 radical (unpaired) electrons. The van der Waals surface area contributed by atoms with Gasteiger partial charge in [0.05, 0.1) is 11.3 Å². The van der Waals surface area contributed by atoms with Crippen LogP contribution in [0.25, 0.3) is 0 Å². The van der Waals surface area contributed by atoms with E-state index >= 15 is 0 Å². The minimum atomic E-state index is 0.344. The van der Waals surface area contributed by atoms with Gasteiger partial charge >= 0.3 is 0 Å². The molecule has 1 atom stereocenters. The summed E-state index contributed by atoms with van der Waals surface area (Å²) in [5.41, 5.74) is 7.50. The minimum absolute atomic E-state index is 0.344. The Morgan fingerprint density at radius 2 is 2.29 bits per heavy atom. The van der Waals surface area contributed by atoms with Crippen LogP contribution in [0.1, 0.15) is 18.4 Å². The van der Waals surface area contributed by atoms with Crippen LogP contribution in [-0.4, -0.2) is 19.6 Å². The Balaban J connectivity index is 2.32. The van der Waals surface area contributed by atoms with Gasteiger partial charge in [-0.05, 0) is 46.8 Å². The Morgan fingerprint density at radius 3 is 2.82 bits per heavy atom. The third-order valence-corrected chi connectivity index (χ3v) is 4.05. The second kappa shape index (κ2) is 5.07. The van der Waals surface area contributed by atoms with Gasteiger partial charge in [0.1, 0.15) is 6.07 Å². The highest BCUT2D eigenvalue weighted by molar-refractivity contribution is 9.10. The zero-order chi connectivity index (χ0) is 12.4. The first-order chi connectivity index (χ1) is 8.19. The Bertz CT molecular complexity index is 448. The van der Waals surface area contributed by atoms with Crippen LogP contribution in [0.15, 0.2) is 22.7 Å². The monoisotopic (exact) mass is 293 g/mol. The molecule has 0 aromatic heterocycles. The number of hydrogen-bond donors (Lipinski definition) is 1. The van der Waals surface area contributed by atoms with E-state index < -0.39 is 0 Å². The molecule has 1 saturated carbocycles. The molecule has 0 aliphatic heterocycles. The van der Waals surface area contributed by atoms with E-state index in [1.165, 1.54) is 12.8 Å². The fourth-order valence-electron chi connectivity index (χ4n) is 2.24. The summed E-state index contributed by atoms with van der Waals surface area (Å²) in [6.07, 6.45) is 2.50. The van der Waals surface area contributed by atoms with Gasteiger partial charge in [0.15, 0.2) is 0 Å². The molecule has 1 unspecified atom stereocenters. The molecule has 3 nitrogen and oxygen atoms in total. The molecule has 0 spiro atoms. The quantitative estimate of drug-likeness (QED) is 0.928. The van der Waals surface area contributed by atoms with E-state index in [-0.39, 0.29) is 0 Å². The summed E-state index contributed by atoms with van der Waals surface area (Å²) in [5, 5.41) is 9.22. The molecule has 17 heavy (non-hydrogen) atoms. The molecule has 0 amide bonds. The topological polar surface area (TPSA) is 53.0 Å². The Hall–Kier alpha value is -1.05. The maximum atomic E-state index is 9.22. The van der Waals surface area contributed by atoms with Crippen molar-refractivity contribution in [2.24, 2.45) is 11.7 Å². The van der Waals surface area contributed by atoms with Crippen molar-refractivity contribution in [2.45, 2.75) is 18.9 Å². The summed E-state index contributed by atoms with van der Waals surface area (Å²) in [4.78, 5) is 2.15. The van der Waals surface area contributed by atoms with Crippen LogP contribution >= 0.6 is 15.9 Å². The standard InChI is InChI=1S/C13H16BrN3/c1-17(13(8-16)9-5-6-9)12-4-2-3-11(14)10(12)7-15/h2-4,9,13H,5-6,8,16H2,1H3. The molecule has 0 bridgehead atoms. The number of likely N-dealkylation sites (N-methyl/N-ethyl adjacent to an activating group) is 1. The van der Waals surface area contributed by atoms with Gasteiger partial charge in [-0.2, -0.15) is 5.26 Å². The predicted molar refractivity (Wildman–Crippen MR) is 72.8 cm³/mol. The molecule has 1 aliphatic rings. The van der Waals surface area contributed by atoms with Gasteiger partial charge in [0.25, 0.3) is 0 Å². The van der Waals surface area contributed by atoms with E-state index in [0.717, 1.165) is 10.2 Å². The molecule has 4 heteroatoms. The van der Waals surface area contributed by atoms with Crippen LogP contribution in [0.2, 0.25) is 0 Å². The number of nitrogens with zero attached hydrogens (tertiary/aromatic N) is 2. The lowest BCUT2D eigenvalue weighted by atomic mass is 10.1. The molecule has 2 N–H and O–H groups in total. The van der Waals surface area contributed by atoms with Crippen molar-refractivity contribution < 1.29 is 0 Å². The van der Waals surface area contributed by atoms with E-state index in [2.05, 4.69) is 26.9 Å². The van der Waals surface area contributed by atoms with E-state index in [0.29, 0.717) is 24.1 Å². The van der Waals surface area contributed by atoms with Gasteiger partial charge in [-0.15, -0.1) is 0 Å². The lowest BCUT2D eigenvalue weighted by molar-refractivity contribution is 0.570. The van der Waals surface area contributed by atoms with E-state index in [9.17, 15) is 5.26 Å². The summed E-state index contributed by atoms with van der Waals surface area (Å²) >= 11 is 3.42. The number of halogens is 1. The van der Waals surface area contributed by atoms with Crippen LogP contribution in [0.3, 0.4) is 0 Å². The molecule has 0 saturated heterocycles. The molecule has 1 aromatic rings. The third-order valence-electron chi connectivity index (χ3n) is 3.39. The largest absolute Gasteiger partial charge is 0.369 e. The first kappa shape index (κ1) is 12.4. The molecule has 1 aliphatic carbocycles.